The molecule has 0 saturated carbocycles. The largest absolute Gasteiger partial charge is 0.381 e. The van der Waals surface area contributed by atoms with Crippen LogP contribution in [-0.4, -0.2) is 43.8 Å². The first-order valence-corrected chi connectivity index (χ1v) is 6.49. The van der Waals surface area contributed by atoms with Crippen LogP contribution in [0, 0.1) is 12.8 Å². The van der Waals surface area contributed by atoms with E-state index >= 15 is 0 Å². The molecule has 5 heteroatoms. The lowest BCUT2D eigenvalue weighted by atomic mass is 10.0. The standard InChI is InChI=1S/C13H22N4O/c1-10-8-14-13(16-12(10)17(2)3)15-9-11-4-6-18-7-5-11/h8,11H,4-7,9H2,1-3H3,(H,14,15,16). The van der Waals surface area contributed by atoms with E-state index in [2.05, 4.69) is 15.3 Å². The molecule has 100 valence electrons. The van der Waals surface area contributed by atoms with Gasteiger partial charge in [0.05, 0.1) is 0 Å². The summed E-state index contributed by atoms with van der Waals surface area (Å²) in [4.78, 5) is 10.9. The second kappa shape index (κ2) is 6.00. The van der Waals surface area contributed by atoms with Crippen molar-refractivity contribution < 1.29 is 4.74 Å². The van der Waals surface area contributed by atoms with E-state index in [-0.39, 0.29) is 0 Å². The molecular weight excluding hydrogens is 228 g/mol. The number of nitrogens with zero attached hydrogens (tertiary/aromatic N) is 3. The molecule has 1 fully saturated rings. The number of rotatable bonds is 4. The quantitative estimate of drug-likeness (QED) is 0.881. The van der Waals surface area contributed by atoms with Crippen molar-refractivity contribution in [1.29, 1.82) is 0 Å². The molecular formula is C13H22N4O. The lowest BCUT2D eigenvalue weighted by Crippen LogP contribution is -2.23. The molecule has 0 aromatic carbocycles. The van der Waals surface area contributed by atoms with Crippen LogP contribution in [0.1, 0.15) is 18.4 Å². The van der Waals surface area contributed by atoms with E-state index in [4.69, 9.17) is 4.74 Å². The lowest BCUT2D eigenvalue weighted by molar-refractivity contribution is 0.0699. The monoisotopic (exact) mass is 250 g/mol. The third kappa shape index (κ3) is 3.32. The number of hydrogen-bond donors (Lipinski definition) is 1. The fourth-order valence-electron chi connectivity index (χ4n) is 2.16. The lowest BCUT2D eigenvalue weighted by Gasteiger charge is -2.22. The highest BCUT2D eigenvalue weighted by atomic mass is 16.5. The van der Waals surface area contributed by atoms with Crippen LogP contribution in [0.15, 0.2) is 6.20 Å². The van der Waals surface area contributed by atoms with Gasteiger partial charge in [0.25, 0.3) is 0 Å². The minimum Gasteiger partial charge on any atom is -0.381 e. The van der Waals surface area contributed by atoms with E-state index < -0.39 is 0 Å². The van der Waals surface area contributed by atoms with Crippen LogP contribution in [0.4, 0.5) is 11.8 Å². The van der Waals surface area contributed by atoms with Crippen LogP contribution < -0.4 is 10.2 Å². The summed E-state index contributed by atoms with van der Waals surface area (Å²) in [6, 6.07) is 0. The molecule has 0 spiro atoms. The van der Waals surface area contributed by atoms with Crippen LogP contribution >= 0.6 is 0 Å². The Kier molecular flexibility index (Phi) is 4.36. The van der Waals surface area contributed by atoms with Gasteiger partial charge in [0, 0.05) is 45.6 Å². The van der Waals surface area contributed by atoms with Crippen molar-refractivity contribution in [3.63, 3.8) is 0 Å². The average molecular weight is 250 g/mol. The molecule has 0 bridgehead atoms. The average Bonchev–Trinajstić information content (AvgIpc) is 2.38. The zero-order chi connectivity index (χ0) is 13.0. The molecule has 1 aliphatic rings. The molecule has 0 radical (unpaired) electrons. The third-order valence-electron chi connectivity index (χ3n) is 3.26. The first-order valence-electron chi connectivity index (χ1n) is 6.49. The predicted octanol–water partition coefficient (Wildman–Crippen LogP) is 1.69. The van der Waals surface area contributed by atoms with E-state index in [1.54, 1.807) is 0 Å². The summed E-state index contributed by atoms with van der Waals surface area (Å²) in [5.41, 5.74) is 1.09. The van der Waals surface area contributed by atoms with Crippen molar-refractivity contribution in [2.45, 2.75) is 19.8 Å². The molecule has 1 saturated heterocycles. The molecule has 18 heavy (non-hydrogen) atoms. The van der Waals surface area contributed by atoms with Crippen molar-refractivity contribution in [1.82, 2.24) is 9.97 Å². The van der Waals surface area contributed by atoms with Crippen LogP contribution in [0.2, 0.25) is 0 Å². The zero-order valence-corrected chi connectivity index (χ0v) is 11.4. The van der Waals surface area contributed by atoms with Gasteiger partial charge in [-0.1, -0.05) is 0 Å². The molecule has 1 aromatic rings. The number of nitrogens with one attached hydrogen (secondary N) is 1. The number of aromatic nitrogens is 2. The SMILES string of the molecule is Cc1cnc(NCC2CCOCC2)nc1N(C)C. The Morgan fingerprint density at radius 3 is 2.78 bits per heavy atom. The van der Waals surface area contributed by atoms with Gasteiger partial charge in [0.1, 0.15) is 5.82 Å². The van der Waals surface area contributed by atoms with Gasteiger partial charge in [0.2, 0.25) is 5.95 Å². The minimum absolute atomic E-state index is 0.673. The zero-order valence-electron chi connectivity index (χ0n) is 11.4. The molecule has 0 aliphatic carbocycles. The number of anilines is 2. The minimum atomic E-state index is 0.673. The molecule has 1 N–H and O–H groups in total. The molecule has 0 atom stereocenters. The maximum atomic E-state index is 5.35. The van der Waals surface area contributed by atoms with Gasteiger partial charge in [-0.3, -0.25) is 0 Å². The van der Waals surface area contributed by atoms with Crippen molar-refractivity contribution in [2.75, 3.05) is 44.1 Å². The van der Waals surface area contributed by atoms with Gasteiger partial charge in [-0.2, -0.15) is 4.98 Å². The second-order valence-corrected chi connectivity index (χ2v) is 5.03. The Morgan fingerprint density at radius 2 is 2.11 bits per heavy atom. The number of hydrogen-bond acceptors (Lipinski definition) is 5. The number of ether oxygens (including phenoxy) is 1. The van der Waals surface area contributed by atoms with E-state index in [0.29, 0.717) is 5.92 Å². The maximum absolute atomic E-state index is 5.35. The van der Waals surface area contributed by atoms with Crippen molar-refractivity contribution >= 4 is 11.8 Å². The summed E-state index contributed by atoms with van der Waals surface area (Å²) in [6.07, 6.45) is 4.12. The Labute approximate surface area is 109 Å². The first kappa shape index (κ1) is 13.1. The van der Waals surface area contributed by atoms with Crippen LogP contribution in [0.25, 0.3) is 0 Å². The highest BCUT2D eigenvalue weighted by Crippen LogP contribution is 2.17. The van der Waals surface area contributed by atoms with E-state index in [0.717, 1.165) is 49.9 Å². The van der Waals surface area contributed by atoms with E-state index in [1.807, 2.05) is 32.1 Å². The summed E-state index contributed by atoms with van der Waals surface area (Å²) in [5.74, 6) is 2.36. The van der Waals surface area contributed by atoms with Crippen molar-refractivity contribution in [2.24, 2.45) is 5.92 Å². The molecule has 0 amide bonds. The van der Waals surface area contributed by atoms with Crippen LogP contribution in [-0.2, 0) is 4.74 Å². The van der Waals surface area contributed by atoms with Crippen LogP contribution in [0.3, 0.4) is 0 Å². The first-order chi connectivity index (χ1) is 8.66. The second-order valence-electron chi connectivity index (χ2n) is 5.03. The third-order valence-corrected chi connectivity index (χ3v) is 3.26. The summed E-state index contributed by atoms with van der Waals surface area (Å²) in [7, 11) is 4.00. The van der Waals surface area contributed by atoms with Gasteiger partial charge in [-0.15, -0.1) is 0 Å². The molecule has 1 aromatic heterocycles. The molecule has 0 unspecified atom stereocenters. The van der Waals surface area contributed by atoms with Gasteiger partial charge < -0.3 is 15.0 Å². The fourth-order valence-corrected chi connectivity index (χ4v) is 2.16. The topological polar surface area (TPSA) is 50.3 Å². The normalized spacial score (nSPS) is 16.6. The summed E-state index contributed by atoms with van der Waals surface area (Å²) in [6.45, 7) is 4.71. The Hall–Kier alpha value is -1.36. The molecule has 1 aliphatic heterocycles. The van der Waals surface area contributed by atoms with Gasteiger partial charge in [-0.25, -0.2) is 4.98 Å². The van der Waals surface area contributed by atoms with E-state index in [1.165, 1.54) is 0 Å². The highest BCUT2D eigenvalue weighted by Gasteiger charge is 2.14. The summed E-state index contributed by atoms with van der Waals surface area (Å²) >= 11 is 0. The number of aryl methyl sites for hydroxylation is 1. The fraction of sp³-hybridized carbons (Fsp3) is 0.692. The van der Waals surface area contributed by atoms with Gasteiger partial charge >= 0.3 is 0 Å². The van der Waals surface area contributed by atoms with E-state index in [9.17, 15) is 0 Å². The molecule has 5 nitrogen and oxygen atoms in total. The highest BCUT2D eigenvalue weighted by molar-refractivity contribution is 5.47. The summed E-state index contributed by atoms with van der Waals surface area (Å²) < 4.78 is 5.35. The smallest absolute Gasteiger partial charge is 0.224 e. The van der Waals surface area contributed by atoms with Crippen LogP contribution in [0.5, 0.6) is 0 Å². The van der Waals surface area contributed by atoms with Crippen molar-refractivity contribution in [3.05, 3.63) is 11.8 Å². The molecule has 2 heterocycles. The Bertz CT molecular complexity index is 389. The molecule has 2 rings (SSSR count). The maximum Gasteiger partial charge on any atom is 0.224 e. The van der Waals surface area contributed by atoms with Gasteiger partial charge in [0.15, 0.2) is 0 Å². The Balaban J connectivity index is 1.94. The van der Waals surface area contributed by atoms with Gasteiger partial charge in [-0.05, 0) is 25.7 Å². The van der Waals surface area contributed by atoms with Crippen molar-refractivity contribution in [3.8, 4) is 0 Å². The summed E-state index contributed by atoms with van der Waals surface area (Å²) in [5, 5.41) is 3.33. The Morgan fingerprint density at radius 1 is 1.39 bits per heavy atom. The predicted molar refractivity (Wildman–Crippen MR) is 73.1 cm³/mol.